The first kappa shape index (κ1) is 25.5. The molecule has 1 amide bonds. The van der Waals surface area contributed by atoms with Crippen molar-refractivity contribution in [2.75, 3.05) is 51.3 Å². The van der Waals surface area contributed by atoms with Crippen molar-refractivity contribution in [2.24, 2.45) is 0 Å². The maximum Gasteiger partial charge on any atom is 0.243 e. The molecule has 3 aromatic rings. The Hall–Kier alpha value is -2.76. The van der Waals surface area contributed by atoms with Gasteiger partial charge in [-0.2, -0.15) is 4.31 Å². The van der Waals surface area contributed by atoms with E-state index in [0.717, 1.165) is 42.4 Å². The number of nitrogens with one attached hydrogen (secondary N) is 1. The number of anilines is 1. The number of piperidine rings is 1. The van der Waals surface area contributed by atoms with Gasteiger partial charge in [0, 0.05) is 55.4 Å². The Labute approximate surface area is 227 Å². The number of carbonyl (C=O) groups is 1. The molecule has 3 fully saturated rings. The third kappa shape index (κ3) is 4.34. The van der Waals surface area contributed by atoms with Crippen molar-refractivity contribution in [1.82, 2.24) is 19.5 Å². The normalized spacial score (nSPS) is 23.8. The van der Waals surface area contributed by atoms with Crippen LogP contribution in [0, 0.1) is 0 Å². The highest BCUT2D eigenvalue weighted by molar-refractivity contribution is 7.89. The zero-order valence-corrected chi connectivity index (χ0v) is 22.7. The zero-order valence-electron chi connectivity index (χ0n) is 21.1. The number of fused-ring (bicyclic) bond motifs is 2. The van der Waals surface area contributed by atoms with Crippen molar-refractivity contribution in [3.63, 3.8) is 0 Å². The van der Waals surface area contributed by atoms with Gasteiger partial charge in [0.25, 0.3) is 0 Å². The van der Waals surface area contributed by atoms with E-state index in [2.05, 4.69) is 15.2 Å². The Morgan fingerprint density at radius 2 is 1.74 bits per heavy atom. The molecule has 1 unspecified atom stereocenters. The number of aromatic nitrogens is 1. The predicted octanol–water partition coefficient (Wildman–Crippen LogP) is 2.71. The molecule has 1 spiro atoms. The lowest BCUT2D eigenvalue weighted by atomic mass is 9.88. The summed E-state index contributed by atoms with van der Waals surface area (Å²) in [5, 5.41) is 5.94. The minimum Gasteiger partial charge on any atom is -0.381 e. The first-order chi connectivity index (χ1) is 18.2. The predicted molar refractivity (Wildman–Crippen MR) is 146 cm³/mol. The van der Waals surface area contributed by atoms with Crippen LogP contribution >= 0.6 is 11.6 Å². The van der Waals surface area contributed by atoms with Crippen LogP contribution in [0.2, 0.25) is 5.02 Å². The van der Waals surface area contributed by atoms with Gasteiger partial charge in [0.2, 0.25) is 15.9 Å². The van der Waals surface area contributed by atoms with Crippen molar-refractivity contribution >= 4 is 44.0 Å². The molecule has 200 valence electrons. The van der Waals surface area contributed by atoms with Crippen molar-refractivity contribution in [3.8, 4) is 0 Å². The lowest BCUT2D eigenvalue weighted by Crippen LogP contribution is -2.70. The van der Waals surface area contributed by atoms with Gasteiger partial charge in [0.1, 0.15) is 5.66 Å². The van der Waals surface area contributed by atoms with E-state index in [1.807, 2.05) is 17.0 Å². The Balaban J connectivity index is 1.26. The number of carbonyl (C=O) groups excluding carboxylic acids is 1. The quantitative estimate of drug-likeness (QED) is 0.517. The number of methoxy groups -OCH3 is 1. The molecule has 6 rings (SSSR count). The standard InChI is InChI=1S/C27H30ClN5O4S/c1-37-19-27-18-32(38(35,36)24-5-3-20-14-22(28)4-2-21(20)15-24)16-25(34)33(27)17-26(30-27)8-12-31(13-9-26)23-6-10-29-11-7-23/h2-7,10-11,14-15,30H,8-9,12-13,16-19H2,1H3. The van der Waals surface area contributed by atoms with Gasteiger partial charge in [-0.3, -0.25) is 15.1 Å². The average Bonchev–Trinajstić information content (AvgIpc) is 3.23. The zero-order chi connectivity index (χ0) is 26.5. The molecule has 1 N–H and O–H groups in total. The molecular formula is C27H30ClN5O4S. The fourth-order valence-electron chi connectivity index (χ4n) is 6.19. The molecule has 1 atom stereocenters. The third-order valence-corrected chi connectivity index (χ3v) is 10.1. The van der Waals surface area contributed by atoms with Crippen LogP contribution in [0.4, 0.5) is 5.69 Å². The van der Waals surface area contributed by atoms with E-state index in [4.69, 9.17) is 16.3 Å². The molecule has 2 aromatic carbocycles. The van der Waals surface area contributed by atoms with Crippen LogP contribution in [0.3, 0.4) is 0 Å². The van der Waals surface area contributed by atoms with Crippen LogP contribution in [-0.2, 0) is 19.6 Å². The summed E-state index contributed by atoms with van der Waals surface area (Å²) in [6.07, 6.45) is 5.23. The molecular weight excluding hydrogens is 526 g/mol. The molecule has 3 aliphatic rings. The second kappa shape index (κ2) is 9.46. The van der Waals surface area contributed by atoms with Gasteiger partial charge in [-0.25, -0.2) is 8.42 Å². The van der Waals surface area contributed by atoms with Crippen molar-refractivity contribution in [3.05, 3.63) is 65.9 Å². The Morgan fingerprint density at radius 3 is 2.47 bits per heavy atom. The van der Waals surface area contributed by atoms with Gasteiger partial charge >= 0.3 is 0 Å². The molecule has 0 radical (unpaired) electrons. The maximum absolute atomic E-state index is 13.8. The second-order valence-electron chi connectivity index (χ2n) is 10.5. The first-order valence-corrected chi connectivity index (χ1v) is 14.5. The number of hydrogen-bond acceptors (Lipinski definition) is 7. The van der Waals surface area contributed by atoms with E-state index in [1.54, 1.807) is 55.9 Å². The fourth-order valence-corrected chi connectivity index (χ4v) is 7.85. The summed E-state index contributed by atoms with van der Waals surface area (Å²) in [7, 11) is -2.35. The van der Waals surface area contributed by atoms with Gasteiger partial charge in [-0.1, -0.05) is 23.7 Å². The maximum atomic E-state index is 13.8. The molecule has 3 saturated heterocycles. The number of hydrogen-bond donors (Lipinski definition) is 1. The average molecular weight is 556 g/mol. The molecule has 11 heteroatoms. The minimum absolute atomic E-state index is 0.114. The molecule has 0 aliphatic carbocycles. The smallest absolute Gasteiger partial charge is 0.243 e. The number of halogens is 1. The highest BCUT2D eigenvalue weighted by Gasteiger charge is 2.59. The molecule has 3 aliphatic heterocycles. The molecule has 0 saturated carbocycles. The lowest BCUT2D eigenvalue weighted by Gasteiger charge is -2.45. The topological polar surface area (TPSA) is 95.1 Å². The van der Waals surface area contributed by atoms with Crippen LogP contribution < -0.4 is 10.2 Å². The van der Waals surface area contributed by atoms with Gasteiger partial charge in [0.15, 0.2) is 0 Å². The number of rotatable bonds is 5. The van der Waals surface area contributed by atoms with E-state index in [1.165, 1.54) is 4.31 Å². The number of sulfonamides is 1. The second-order valence-corrected chi connectivity index (χ2v) is 12.8. The largest absolute Gasteiger partial charge is 0.381 e. The minimum atomic E-state index is -3.94. The molecule has 9 nitrogen and oxygen atoms in total. The van der Waals surface area contributed by atoms with Crippen molar-refractivity contribution in [2.45, 2.75) is 28.9 Å². The summed E-state index contributed by atoms with van der Waals surface area (Å²) in [5.74, 6) is -0.217. The monoisotopic (exact) mass is 555 g/mol. The van der Waals surface area contributed by atoms with E-state index in [0.29, 0.717) is 11.6 Å². The van der Waals surface area contributed by atoms with Crippen LogP contribution in [-0.4, -0.2) is 86.2 Å². The molecule has 4 heterocycles. The van der Waals surface area contributed by atoms with Gasteiger partial charge in [-0.15, -0.1) is 0 Å². The lowest BCUT2D eigenvalue weighted by molar-refractivity contribution is -0.144. The Morgan fingerprint density at radius 1 is 1.03 bits per heavy atom. The number of pyridine rings is 1. The van der Waals surface area contributed by atoms with Crippen LogP contribution in [0.1, 0.15) is 12.8 Å². The third-order valence-electron chi connectivity index (χ3n) is 8.07. The van der Waals surface area contributed by atoms with Gasteiger partial charge in [0.05, 0.1) is 24.6 Å². The van der Waals surface area contributed by atoms with E-state index < -0.39 is 15.7 Å². The van der Waals surface area contributed by atoms with Gasteiger partial charge < -0.3 is 14.5 Å². The van der Waals surface area contributed by atoms with E-state index in [9.17, 15) is 13.2 Å². The van der Waals surface area contributed by atoms with Crippen molar-refractivity contribution < 1.29 is 17.9 Å². The van der Waals surface area contributed by atoms with Crippen LogP contribution in [0.5, 0.6) is 0 Å². The molecule has 38 heavy (non-hydrogen) atoms. The summed E-state index contributed by atoms with van der Waals surface area (Å²) in [4.78, 5) is 21.9. The number of benzene rings is 2. The molecule has 1 aromatic heterocycles. The number of amides is 1. The number of nitrogens with zero attached hydrogens (tertiary/aromatic N) is 4. The number of piperazine rings is 1. The van der Waals surface area contributed by atoms with E-state index in [-0.39, 0.29) is 36.0 Å². The SMILES string of the molecule is COCC12CN(S(=O)(=O)c3ccc4cc(Cl)ccc4c3)CC(=O)N1CC1(CCN(c3ccncc3)CC1)N2. The van der Waals surface area contributed by atoms with Crippen molar-refractivity contribution in [1.29, 1.82) is 0 Å². The number of ether oxygens (including phenoxy) is 1. The summed E-state index contributed by atoms with van der Waals surface area (Å²) in [6, 6.07) is 14.3. The highest BCUT2D eigenvalue weighted by atomic mass is 35.5. The summed E-state index contributed by atoms with van der Waals surface area (Å²) in [6.45, 7) is 2.29. The Kier molecular flexibility index (Phi) is 6.35. The summed E-state index contributed by atoms with van der Waals surface area (Å²) < 4.78 is 34.5. The Bertz CT molecular complexity index is 1480. The first-order valence-electron chi connectivity index (χ1n) is 12.7. The fraction of sp³-hybridized carbons (Fsp3) is 0.407. The van der Waals surface area contributed by atoms with Gasteiger partial charge in [-0.05, 0) is 60.0 Å². The van der Waals surface area contributed by atoms with E-state index >= 15 is 0 Å². The summed E-state index contributed by atoms with van der Waals surface area (Å²) >= 11 is 6.09. The van der Waals surface area contributed by atoms with Crippen LogP contribution in [0.25, 0.3) is 10.8 Å². The highest BCUT2D eigenvalue weighted by Crippen LogP contribution is 2.39. The van der Waals surface area contributed by atoms with Crippen LogP contribution in [0.15, 0.2) is 65.8 Å². The molecule has 0 bridgehead atoms. The summed E-state index contributed by atoms with van der Waals surface area (Å²) in [5.41, 5.74) is -0.108.